The quantitative estimate of drug-likeness (QED) is 0.432. The zero-order valence-electron chi connectivity index (χ0n) is 17.1. The van der Waals surface area contributed by atoms with Gasteiger partial charge < -0.3 is 24.8 Å². The molecule has 0 amide bonds. The third kappa shape index (κ3) is 4.60. The predicted octanol–water partition coefficient (Wildman–Crippen LogP) is 0.929. The first kappa shape index (κ1) is 25.8. The van der Waals surface area contributed by atoms with Gasteiger partial charge in [0.15, 0.2) is 0 Å². The van der Waals surface area contributed by atoms with Crippen LogP contribution in [0.5, 0.6) is 0 Å². The standard InChI is InChI=1S/C23H29.2ClH.Zr/c1-14-9-16-11-17-10-15(2)21(23(6,7)8)13-19(17)18(16)12-20(14)22(3,4)5;;;/h9-13H,1-8H3;2*1H;/q-1;;;+3/p-2. The summed E-state index contributed by atoms with van der Waals surface area (Å²) in [6.07, 6.45) is 0. The summed E-state index contributed by atoms with van der Waals surface area (Å²) >= 11 is 0. The molecule has 0 unspecified atom stereocenters. The van der Waals surface area contributed by atoms with Gasteiger partial charge in [-0.25, -0.2) is 0 Å². The molecule has 0 saturated carbocycles. The monoisotopic (exact) mass is 465 g/mol. The molecule has 0 heterocycles. The van der Waals surface area contributed by atoms with Gasteiger partial charge in [0.25, 0.3) is 0 Å². The summed E-state index contributed by atoms with van der Waals surface area (Å²) in [5, 5.41) is 5.55. The van der Waals surface area contributed by atoms with Crippen LogP contribution >= 0.6 is 0 Å². The van der Waals surface area contributed by atoms with Crippen LogP contribution in [-0.4, -0.2) is 0 Å². The summed E-state index contributed by atoms with van der Waals surface area (Å²) in [4.78, 5) is 0. The van der Waals surface area contributed by atoms with Crippen molar-refractivity contribution >= 4 is 21.5 Å². The molecule has 0 saturated heterocycles. The number of fused-ring (bicyclic) bond motifs is 3. The topological polar surface area (TPSA) is 0 Å². The Labute approximate surface area is 190 Å². The fraction of sp³-hybridized carbons (Fsp3) is 0.435. The fourth-order valence-electron chi connectivity index (χ4n) is 3.95. The van der Waals surface area contributed by atoms with E-state index >= 15 is 0 Å². The summed E-state index contributed by atoms with van der Waals surface area (Å²) in [5.74, 6) is 0. The molecule has 0 spiro atoms. The zero-order valence-corrected chi connectivity index (χ0v) is 21.1. The minimum absolute atomic E-state index is 0. The van der Waals surface area contributed by atoms with Crippen LogP contribution in [0.3, 0.4) is 0 Å². The molecule has 1 radical (unpaired) electrons. The largest absolute Gasteiger partial charge is 3.00 e. The number of rotatable bonds is 0. The first-order chi connectivity index (χ1) is 10.5. The normalized spacial score (nSPS) is 11.7. The maximum atomic E-state index is 2.43. The van der Waals surface area contributed by atoms with Gasteiger partial charge in [0.05, 0.1) is 0 Å². The number of hydrogen-bond donors (Lipinski definition) is 0. The van der Waals surface area contributed by atoms with Crippen molar-refractivity contribution < 1.29 is 51.0 Å². The Morgan fingerprint density at radius 3 is 1.19 bits per heavy atom. The van der Waals surface area contributed by atoms with Gasteiger partial charge in [-0.1, -0.05) is 75.9 Å². The molecular weight excluding hydrogens is 438 g/mol. The SMILES string of the molecule is Cc1cc2[cH-]c3cc(C)c(C(C)(C)C)cc3c2cc1C(C)(C)C.[Cl-].[Cl-].[Zr+3]. The summed E-state index contributed by atoms with van der Waals surface area (Å²) < 4.78 is 0. The summed E-state index contributed by atoms with van der Waals surface area (Å²) in [6.45, 7) is 18.3. The Bertz CT molecular complexity index is 832. The second kappa shape index (κ2) is 8.42. The van der Waals surface area contributed by atoms with Gasteiger partial charge in [-0.3, -0.25) is 0 Å². The molecule has 3 aromatic rings. The van der Waals surface area contributed by atoms with Gasteiger partial charge in [-0.05, 0) is 24.7 Å². The Morgan fingerprint density at radius 1 is 0.615 bits per heavy atom. The molecule has 139 valence electrons. The fourth-order valence-corrected chi connectivity index (χ4v) is 3.95. The molecule has 0 aliphatic carbocycles. The third-order valence-electron chi connectivity index (χ3n) is 5.01. The maximum Gasteiger partial charge on any atom is 3.00 e. The summed E-state index contributed by atoms with van der Waals surface area (Å²) in [5.41, 5.74) is 6.06. The van der Waals surface area contributed by atoms with Crippen LogP contribution in [0.1, 0.15) is 63.8 Å². The smallest absolute Gasteiger partial charge is 1.00 e. The van der Waals surface area contributed by atoms with Gasteiger partial charge in [0.1, 0.15) is 0 Å². The molecule has 26 heavy (non-hydrogen) atoms. The van der Waals surface area contributed by atoms with Crippen LogP contribution in [0.2, 0.25) is 0 Å². The maximum absolute atomic E-state index is 2.43. The number of aryl methyl sites for hydroxylation is 2. The van der Waals surface area contributed by atoms with E-state index in [2.05, 4.69) is 85.7 Å². The van der Waals surface area contributed by atoms with E-state index in [0.717, 1.165) is 0 Å². The second-order valence-corrected chi connectivity index (χ2v) is 9.15. The van der Waals surface area contributed by atoms with Gasteiger partial charge in [-0.15, -0.1) is 39.7 Å². The van der Waals surface area contributed by atoms with Crippen molar-refractivity contribution in [1.82, 2.24) is 0 Å². The number of hydrogen-bond acceptors (Lipinski definition) is 0. The molecule has 0 bridgehead atoms. The van der Waals surface area contributed by atoms with Crippen LogP contribution in [0.25, 0.3) is 21.5 Å². The van der Waals surface area contributed by atoms with Crippen molar-refractivity contribution in [2.24, 2.45) is 0 Å². The molecule has 0 N–H and O–H groups in total. The zero-order chi connectivity index (χ0) is 17.2. The van der Waals surface area contributed by atoms with E-state index in [0.29, 0.717) is 0 Å². The van der Waals surface area contributed by atoms with E-state index in [4.69, 9.17) is 0 Å². The molecule has 3 aromatic carbocycles. The Kier molecular flexibility index (Phi) is 8.35. The van der Waals surface area contributed by atoms with Crippen LogP contribution in [0.4, 0.5) is 0 Å². The van der Waals surface area contributed by atoms with Crippen molar-refractivity contribution in [1.29, 1.82) is 0 Å². The first-order valence-corrected chi connectivity index (χ1v) is 8.64. The van der Waals surface area contributed by atoms with Gasteiger partial charge in [-0.2, -0.15) is 0 Å². The van der Waals surface area contributed by atoms with Crippen LogP contribution < -0.4 is 24.8 Å². The number of halogens is 2. The van der Waals surface area contributed by atoms with E-state index in [1.165, 1.54) is 43.8 Å². The summed E-state index contributed by atoms with van der Waals surface area (Å²) in [7, 11) is 0. The first-order valence-electron chi connectivity index (χ1n) is 8.64. The van der Waals surface area contributed by atoms with Gasteiger partial charge in [0, 0.05) is 0 Å². The molecule has 3 heteroatoms. The van der Waals surface area contributed by atoms with Crippen LogP contribution in [0.15, 0.2) is 30.3 Å². The molecular formula is C23H29Cl2Zr. The van der Waals surface area contributed by atoms with Crippen molar-refractivity contribution in [2.45, 2.75) is 66.2 Å². The molecule has 0 atom stereocenters. The van der Waals surface area contributed by atoms with Crippen LogP contribution in [-0.2, 0) is 37.0 Å². The average Bonchev–Trinajstić information content (AvgIpc) is 2.70. The van der Waals surface area contributed by atoms with Crippen molar-refractivity contribution in [3.63, 3.8) is 0 Å². The van der Waals surface area contributed by atoms with E-state index < -0.39 is 0 Å². The van der Waals surface area contributed by atoms with Crippen molar-refractivity contribution in [3.05, 3.63) is 52.6 Å². The Balaban J connectivity index is 0.00000208. The van der Waals surface area contributed by atoms with E-state index in [9.17, 15) is 0 Å². The van der Waals surface area contributed by atoms with E-state index in [-0.39, 0.29) is 61.8 Å². The minimum atomic E-state index is 0. The molecule has 0 aliphatic rings. The molecule has 0 nitrogen and oxygen atoms in total. The van der Waals surface area contributed by atoms with E-state index in [1.807, 2.05) is 0 Å². The molecule has 0 aliphatic heterocycles. The second-order valence-electron chi connectivity index (χ2n) is 9.15. The van der Waals surface area contributed by atoms with Crippen LogP contribution in [0, 0.1) is 13.8 Å². The van der Waals surface area contributed by atoms with Gasteiger partial charge >= 0.3 is 26.2 Å². The molecule has 0 fully saturated rings. The van der Waals surface area contributed by atoms with Crippen molar-refractivity contribution in [3.8, 4) is 0 Å². The minimum Gasteiger partial charge on any atom is -1.00 e. The predicted molar refractivity (Wildman–Crippen MR) is 104 cm³/mol. The van der Waals surface area contributed by atoms with Gasteiger partial charge in [0.2, 0.25) is 0 Å². The Morgan fingerprint density at radius 2 is 0.923 bits per heavy atom. The molecule has 0 aromatic heterocycles. The number of benzene rings is 2. The summed E-state index contributed by atoms with van der Waals surface area (Å²) in [6, 6.07) is 11.9. The third-order valence-corrected chi connectivity index (χ3v) is 5.01. The average molecular weight is 468 g/mol. The van der Waals surface area contributed by atoms with Crippen molar-refractivity contribution in [2.75, 3.05) is 0 Å². The molecule has 3 rings (SSSR count). The van der Waals surface area contributed by atoms with E-state index in [1.54, 1.807) is 0 Å². The Hall–Kier alpha value is -0.227.